The summed E-state index contributed by atoms with van der Waals surface area (Å²) in [7, 11) is -4.40. The van der Waals surface area contributed by atoms with E-state index in [-0.39, 0.29) is 0 Å². The molecule has 0 aromatic heterocycles. The van der Waals surface area contributed by atoms with Crippen molar-refractivity contribution in [3.05, 3.63) is 62.7 Å². The minimum atomic E-state index is -4.40. The number of non-ortho nitro benzene ring substituents is 1. The molecule has 2 aromatic rings. The third-order valence-electron chi connectivity index (χ3n) is 2.79. The fourth-order valence-electron chi connectivity index (χ4n) is 1.80. The van der Waals surface area contributed by atoms with E-state index < -0.39 is 46.6 Å². The van der Waals surface area contributed by atoms with Crippen LogP contribution in [0.4, 0.5) is 11.4 Å². The highest BCUT2D eigenvalue weighted by molar-refractivity contribution is 7.91. The zero-order valence-corrected chi connectivity index (χ0v) is 11.6. The van der Waals surface area contributed by atoms with Gasteiger partial charge in [0.15, 0.2) is 0 Å². The molecule has 1 N–H and O–H groups in total. The quantitative estimate of drug-likeness (QED) is 0.670. The predicted octanol–water partition coefficient (Wildman–Crippen LogP) is 2.04. The Morgan fingerprint density at radius 1 is 0.909 bits per heavy atom. The Morgan fingerprint density at radius 3 is 2.09 bits per heavy atom. The normalized spacial score (nSPS) is 11.1. The smallest absolute Gasteiger partial charge is 0.288 e. The van der Waals surface area contributed by atoms with Crippen LogP contribution in [-0.4, -0.2) is 23.4 Å². The molecule has 9 nitrogen and oxygen atoms in total. The first kappa shape index (κ1) is 15.4. The van der Waals surface area contributed by atoms with Crippen molar-refractivity contribution in [3.63, 3.8) is 0 Å². The van der Waals surface area contributed by atoms with E-state index in [1.807, 2.05) is 0 Å². The van der Waals surface area contributed by atoms with E-state index in [1.54, 1.807) is 0 Å². The van der Waals surface area contributed by atoms with Crippen molar-refractivity contribution >= 4 is 21.2 Å². The molecule has 0 fully saturated rings. The molecular weight excluding hydrogens is 316 g/mol. The molecule has 0 unspecified atom stereocenters. The minimum absolute atomic E-state index is 0.501. The molecule has 2 aromatic carbocycles. The fraction of sp³-hybridized carbons (Fsp3) is 0. The molecular formula is C12H8N2O7S. The summed E-state index contributed by atoms with van der Waals surface area (Å²) in [5.74, 6) is -0.854. The van der Waals surface area contributed by atoms with Gasteiger partial charge in [-0.2, -0.15) is 0 Å². The summed E-state index contributed by atoms with van der Waals surface area (Å²) >= 11 is 0. The Balaban J connectivity index is 2.67. The average molecular weight is 324 g/mol. The maximum atomic E-state index is 12.4. The van der Waals surface area contributed by atoms with E-state index >= 15 is 0 Å². The monoisotopic (exact) mass is 324 g/mol. The van der Waals surface area contributed by atoms with Gasteiger partial charge in [-0.1, -0.05) is 12.1 Å². The molecule has 0 bridgehead atoms. The highest BCUT2D eigenvalue weighted by Crippen LogP contribution is 2.35. The van der Waals surface area contributed by atoms with Crippen LogP contribution >= 0.6 is 0 Å². The van der Waals surface area contributed by atoms with Crippen LogP contribution in [0.2, 0.25) is 0 Å². The molecule has 0 saturated heterocycles. The second-order valence-electron chi connectivity index (χ2n) is 4.14. The SMILES string of the molecule is O=[N+]([O-])c1ccc(S(=O)(=O)c2ccccc2[N+](=O)[O-])c(O)c1. The maximum Gasteiger partial charge on any atom is 0.288 e. The standard InChI is InChI=1S/C12H8N2O7S/c15-10-7-8(13(16)17)5-6-12(10)22(20,21)11-4-2-1-3-9(11)14(18)19/h1-7,15H. The lowest BCUT2D eigenvalue weighted by Crippen LogP contribution is -2.06. The van der Waals surface area contributed by atoms with Gasteiger partial charge in [-0.05, 0) is 12.1 Å². The predicted molar refractivity (Wildman–Crippen MR) is 73.3 cm³/mol. The Morgan fingerprint density at radius 2 is 1.55 bits per heavy atom. The third-order valence-corrected chi connectivity index (χ3v) is 4.64. The van der Waals surface area contributed by atoms with Crippen molar-refractivity contribution in [2.75, 3.05) is 0 Å². The van der Waals surface area contributed by atoms with Crippen molar-refractivity contribution in [3.8, 4) is 5.75 Å². The van der Waals surface area contributed by atoms with E-state index in [2.05, 4.69) is 0 Å². The van der Waals surface area contributed by atoms with Gasteiger partial charge < -0.3 is 5.11 Å². The van der Waals surface area contributed by atoms with Crippen LogP contribution in [0, 0.1) is 20.2 Å². The van der Waals surface area contributed by atoms with Gasteiger partial charge in [0, 0.05) is 12.1 Å². The van der Waals surface area contributed by atoms with Gasteiger partial charge in [0.05, 0.1) is 15.9 Å². The van der Waals surface area contributed by atoms with Crippen LogP contribution < -0.4 is 0 Å². The zero-order chi connectivity index (χ0) is 16.5. The number of hydrogen-bond donors (Lipinski definition) is 1. The highest BCUT2D eigenvalue weighted by Gasteiger charge is 2.30. The molecule has 0 radical (unpaired) electrons. The number of sulfone groups is 1. The number of phenols is 1. The van der Waals surface area contributed by atoms with Crippen LogP contribution in [0.5, 0.6) is 5.75 Å². The van der Waals surface area contributed by atoms with Crippen LogP contribution in [0.3, 0.4) is 0 Å². The van der Waals surface area contributed by atoms with E-state index in [9.17, 15) is 33.8 Å². The molecule has 0 aliphatic rings. The zero-order valence-electron chi connectivity index (χ0n) is 10.7. The molecule has 2 rings (SSSR count). The first-order chi connectivity index (χ1) is 10.2. The van der Waals surface area contributed by atoms with Crippen LogP contribution in [0.25, 0.3) is 0 Å². The van der Waals surface area contributed by atoms with E-state index in [4.69, 9.17) is 0 Å². The Bertz CT molecular complexity index is 877. The minimum Gasteiger partial charge on any atom is -0.506 e. The Labute approximate surface area is 123 Å². The van der Waals surface area contributed by atoms with Crippen LogP contribution in [0.1, 0.15) is 0 Å². The molecule has 114 valence electrons. The first-order valence-corrected chi connectivity index (χ1v) is 7.19. The molecule has 0 aliphatic heterocycles. The van der Waals surface area contributed by atoms with Crippen molar-refractivity contribution in [2.45, 2.75) is 9.79 Å². The van der Waals surface area contributed by atoms with Gasteiger partial charge >= 0.3 is 0 Å². The van der Waals surface area contributed by atoms with Gasteiger partial charge in [0.1, 0.15) is 15.5 Å². The Hall–Kier alpha value is -3.01. The van der Waals surface area contributed by atoms with Gasteiger partial charge in [-0.3, -0.25) is 20.2 Å². The second-order valence-corrected chi connectivity index (χ2v) is 6.02. The summed E-state index contributed by atoms with van der Waals surface area (Å²) in [5, 5.41) is 31.2. The highest BCUT2D eigenvalue weighted by atomic mass is 32.2. The molecule has 0 spiro atoms. The molecule has 0 amide bonds. The summed E-state index contributed by atoms with van der Waals surface area (Å²) < 4.78 is 24.9. The summed E-state index contributed by atoms with van der Waals surface area (Å²) in [4.78, 5) is 18.6. The van der Waals surface area contributed by atoms with Crippen molar-refractivity contribution in [1.29, 1.82) is 0 Å². The van der Waals surface area contributed by atoms with Gasteiger partial charge in [-0.15, -0.1) is 0 Å². The lowest BCUT2D eigenvalue weighted by molar-refractivity contribution is -0.387. The summed E-state index contributed by atoms with van der Waals surface area (Å²) in [6.45, 7) is 0. The number of nitro benzene ring substituents is 2. The topological polar surface area (TPSA) is 141 Å². The maximum absolute atomic E-state index is 12.4. The number of rotatable bonds is 4. The third kappa shape index (κ3) is 2.59. The fourth-order valence-corrected chi connectivity index (χ4v) is 3.29. The lowest BCUT2D eigenvalue weighted by Gasteiger charge is -2.07. The molecule has 22 heavy (non-hydrogen) atoms. The number of benzene rings is 2. The van der Waals surface area contributed by atoms with Crippen molar-refractivity contribution in [1.82, 2.24) is 0 Å². The van der Waals surface area contributed by atoms with Gasteiger partial charge in [0.25, 0.3) is 11.4 Å². The number of para-hydroxylation sites is 1. The number of nitrogens with zero attached hydrogens (tertiary/aromatic N) is 2. The van der Waals surface area contributed by atoms with Crippen molar-refractivity contribution < 1.29 is 23.4 Å². The number of nitro groups is 2. The lowest BCUT2D eigenvalue weighted by atomic mass is 10.3. The largest absolute Gasteiger partial charge is 0.506 e. The second kappa shape index (κ2) is 5.41. The van der Waals surface area contributed by atoms with Crippen molar-refractivity contribution in [2.24, 2.45) is 0 Å². The average Bonchev–Trinajstić information content (AvgIpc) is 2.46. The van der Waals surface area contributed by atoms with Crippen LogP contribution in [-0.2, 0) is 9.84 Å². The Kier molecular flexibility index (Phi) is 3.78. The van der Waals surface area contributed by atoms with Crippen LogP contribution in [0.15, 0.2) is 52.3 Å². The summed E-state index contributed by atoms with van der Waals surface area (Å²) in [6, 6.07) is 7.02. The number of aromatic hydroxyl groups is 1. The van der Waals surface area contributed by atoms with E-state index in [0.29, 0.717) is 6.07 Å². The summed E-state index contributed by atoms with van der Waals surface area (Å²) in [5.41, 5.74) is -1.15. The van der Waals surface area contributed by atoms with E-state index in [1.165, 1.54) is 12.1 Å². The summed E-state index contributed by atoms with van der Waals surface area (Å²) in [6.07, 6.45) is 0. The first-order valence-electron chi connectivity index (χ1n) is 5.71. The molecule has 0 saturated carbocycles. The molecule has 0 heterocycles. The molecule has 0 aliphatic carbocycles. The molecule has 0 atom stereocenters. The van der Waals surface area contributed by atoms with Gasteiger partial charge in [0.2, 0.25) is 9.84 Å². The van der Waals surface area contributed by atoms with E-state index in [0.717, 1.165) is 24.3 Å². The number of hydrogen-bond acceptors (Lipinski definition) is 7. The molecule has 10 heteroatoms. The van der Waals surface area contributed by atoms with Gasteiger partial charge in [-0.25, -0.2) is 8.42 Å². The number of phenolic OH excluding ortho intramolecular Hbond substituents is 1.